The van der Waals surface area contributed by atoms with Crippen LogP contribution in [0.2, 0.25) is 0 Å². The van der Waals surface area contributed by atoms with E-state index in [4.69, 9.17) is 5.73 Å². The van der Waals surface area contributed by atoms with Crippen LogP contribution in [0, 0.1) is 17.6 Å². The van der Waals surface area contributed by atoms with Crippen molar-refractivity contribution in [1.29, 1.82) is 0 Å². The Morgan fingerprint density at radius 2 is 1.87 bits per heavy atom. The molecule has 0 saturated heterocycles. The normalized spacial score (nSPS) is 11.0. The molecule has 0 unspecified atom stereocenters. The van der Waals surface area contributed by atoms with Gasteiger partial charge < -0.3 is 5.73 Å². The first-order valence-electron chi connectivity index (χ1n) is 5.03. The summed E-state index contributed by atoms with van der Waals surface area (Å²) < 4.78 is 26.3. The zero-order valence-electron chi connectivity index (χ0n) is 9.11. The molecule has 3 heteroatoms. The number of nitrogen functional groups attached to an aromatic ring is 1. The first-order chi connectivity index (χ1) is 7.00. The largest absolute Gasteiger partial charge is 0.396 e. The van der Waals surface area contributed by atoms with Gasteiger partial charge in [-0.3, -0.25) is 0 Å². The maximum atomic E-state index is 13.3. The van der Waals surface area contributed by atoms with Crippen LogP contribution in [0.15, 0.2) is 12.1 Å². The van der Waals surface area contributed by atoms with Crippen LogP contribution < -0.4 is 5.73 Å². The van der Waals surface area contributed by atoms with Gasteiger partial charge in [-0.25, -0.2) is 8.78 Å². The molecule has 1 rings (SSSR count). The molecule has 1 nitrogen and oxygen atoms in total. The second-order valence-corrected chi connectivity index (χ2v) is 4.03. The van der Waals surface area contributed by atoms with E-state index in [1.165, 1.54) is 12.0 Å². The molecular formula is C12H16F2N. The summed E-state index contributed by atoms with van der Waals surface area (Å²) in [6, 6.07) is 2.24. The molecule has 0 aromatic heterocycles. The smallest absolute Gasteiger partial charge is 0.146 e. The molecular weight excluding hydrogens is 196 g/mol. The van der Waals surface area contributed by atoms with Gasteiger partial charge in [0.2, 0.25) is 0 Å². The number of rotatable bonds is 4. The van der Waals surface area contributed by atoms with Crippen molar-refractivity contribution in [2.75, 3.05) is 5.73 Å². The Labute approximate surface area is 89.3 Å². The van der Waals surface area contributed by atoms with Gasteiger partial charge in [0, 0.05) is 6.07 Å². The fourth-order valence-electron chi connectivity index (χ4n) is 1.43. The van der Waals surface area contributed by atoms with Gasteiger partial charge in [0.05, 0.1) is 5.69 Å². The van der Waals surface area contributed by atoms with Crippen LogP contribution in [0.5, 0.6) is 0 Å². The highest BCUT2D eigenvalue weighted by molar-refractivity contribution is 5.42. The molecule has 15 heavy (non-hydrogen) atoms. The van der Waals surface area contributed by atoms with Gasteiger partial charge in [0.15, 0.2) is 0 Å². The third-order valence-corrected chi connectivity index (χ3v) is 2.29. The van der Waals surface area contributed by atoms with Crippen molar-refractivity contribution in [3.05, 3.63) is 35.2 Å². The highest BCUT2D eigenvalue weighted by Crippen LogP contribution is 2.19. The highest BCUT2D eigenvalue weighted by Gasteiger charge is 2.07. The standard InChI is InChI=1S/C12H16F2N/c1-8(2)4-3-5-9-6-11(14)12(15)7-10(9)13/h6-7H,3-5,15H2,1-2H3. The van der Waals surface area contributed by atoms with Crippen molar-refractivity contribution in [1.82, 2.24) is 0 Å². The van der Waals surface area contributed by atoms with Gasteiger partial charge in [-0.15, -0.1) is 0 Å². The number of hydrogen-bond donors (Lipinski definition) is 1. The summed E-state index contributed by atoms with van der Waals surface area (Å²) >= 11 is 0. The maximum absolute atomic E-state index is 13.3. The van der Waals surface area contributed by atoms with E-state index in [-0.39, 0.29) is 5.69 Å². The molecule has 1 aromatic carbocycles. The summed E-state index contributed by atoms with van der Waals surface area (Å²) in [4.78, 5) is 0. The minimum Gasteiger partial charge on any atom is -0.396 e. The van der Waals surface area contributed by atoms with Gasteiger partial charge >= 0.3 is 0 Å². The highest BCUT2D eigenvalue weighted by atomic mass is 19.1. The molecule has 0 aliphatic carbocycles. The molecule has 0 amide bonds. The average molecular weight is 212 g/mol. The van der Waals surface area contributed by atoms with Crippen molar-refractivity contribution in [3.63, 3.8) is 0 Å². The number of hydrogen-bond acceptors (Lipinski definition) is 1. The minimum absolute atomic E-state index is 0.130. The van der Waals surface area contributed by atoms with Crippen LogP contribution in [0.3, 0.4) is 0 Å². The Bertz CT molecular complexity index is 335. The van der Waals surface area contributed by atoms with Crippen molar-refractivity contribution in [2.24, 2.45) is 0 Å². The van der Waals surface area contributed by atoms with Crippen LogP contribution in [0.1, 0.15) is 32.3 Å². The summed E-state index contributed by atoms with van der Waals surface area (Å²) in [6.07, 6.45) is 2.32. The first-order valence-corrected chi connectivity index (χ1v) is 5.03. The lowest BCUT2D eigenvalue weighted by Crippen LogP contribution is -1.98. The predicted molar refractivity (Wildman–Crippen MR) is 58.3 cm³/mol. The van der Waals surface area contributed by atoms with E-state index in [0.29, 0.717) is 12.0 Å². The summed E-state index contributed by atoms with van der Waals surface area (Å²) in [5.41, 5.74) is 5.52. The van der Waals surface area contributed by atoms with Crippen molar-refractivity contribution in [2.45, 2.75) is 33.1 Å². The second-order valence-electron chi connectivity index (χ2n) is 4.03. The Hall–Kier alpha value is -1.12. The molecule has 0 aliphatic heterocycles. The summed E-state index contributed by atoms with van der Waals surface area (Å²) in [6.45, 7) is 4.06. The van der Waals surface area contributed by atoms with Gasteiger partial charge in [0.25, 0.3) is 0 Å². The van der Waals surface area contributed by atoms with Crippen LogP contribution in [-0.2, 0) is 6.42 Å². The number of aryl methyl sites for hydroxylation is 1. The third kappa shape index (κ3) is 3.50. The lowest BCUT2D eigenvalue weighted by Gasteiger charge is -2.06. The Morgan fingerprint density at radius 1 is 1.20 bits per heavy atom. The van der Waals surface area contributed by atoms with Crippen molar-refractivity contribution < 1.29 is 8.78 Å². The van der Waals surface area contributed by atoms with Gasteiger partial charge in [-0.05, 0) is 36.8 Å². The van der Waals surface area contributed by atoms with Gasteiger partial charge in [-0.2, -0.15) is 0 Å². The lowest BCUT2D eigenvalue weighted by molar-refractivity contribution is 0.582. The zero-order valence-corrected chi connectivity index (χ0v) is 9.11. The average Bonchev–Trinajstić information content (AvgIpc) is 2.13. The first kappa shape index (κ1) is 12.0. The van der Waals surface area contributed by atoms with E-state index in [1.807, 2.05) is 13.8 Å². The van der Waals surface area contributed by atoms with E-state index < -0.39 is 11.6 Å². The SMILES string of the molecule is C[C](C)CCCc1cc(F)c(N)cc1F. The topological polar surface area (TPSA) is 26.0 Å². The quantitative estimate of drug-likeness (QED) is 0.760. The summed E-state index contributed by atoms with van der Waals surface area (Å²) in [7, 11) is 0. The zero-order chi connectivity index (χ0) is 11.4. The second kappa shape index (κ2) is 5.10. The molecule has 0 heterocycles. The van der Waals surface area contributed by atoms with Gasteiger partial charge in [-0.1, -0.05) is 13.8 Å². The monoisotopic (exact) mass is 212 g/mol. The summed E-state index contributed by atoms with van der Waals surface area (Å²) in [5.74, 6) is 0.345. The molecule has 0 aliphatic rings. The predicted octanol–water partition coefficient (Wildman–Crippen LogP) is 3.48. The molecule has 2 N–H and O–H groups in total. The lowest BCUT2D eigenvalue weighted by atomic mass is 10.0. The summed E-state index contributed by atoms with van der Waals surface area (Å²) in [5, 5.41) is 0. The van der Waals surface area contributed by atoms with Gasteiger partial charge in [0.1, 0.15) is 11.6 Å². The third-order valence-electron chi connectivity index (χ3n) is 2.29. The van der Waals surface area contributed by atoms with E-state index in [1.54, 1.807) is 0 Å². The number of benzene rings is 1. The minimum atomic E-state index is -0.538. The maximum Gasteiger partial charge on any atom is 0.146 e. The van der Waals surface area contributed by atoms with E-state index in [2.05, 4.69) is 0 Å². The number of halogens is 2. The molecule has 0 fully saturated rings. The molecule has 0 saturated carbocycles. The molecule has 83 valence electrons. The fraction of sp³-hybridized carbons (Fsp3) is 0.417. The van der Waals surface area contributed by atoms with Crippen LogP contribution in [-0.4, -0.2) is 0 Å². The van der Waals surface area contributed by atoms with Crippen molar-refractivity contribution in [3.8, 4) is 0 Å². The molecule has 1 radical (unpaired) electrons. The van der Waals surface area contributed by atoms with Crippen LogP contribution >= 0.6 is 0 Å². The Balaban J connectivity index is 2.65. The fourth-order valence-corrected chi connectivity index (χ4v) is 1.43. The van der Waals surface area contributed by atoms with E-state index >= 15 is 0 Å². The Kier molecular flexibility index (Phi) is 4.06. The Morgan fingerprint density at radius 3 is 2.47 bits per heavy atom. The van der Waals surface area contributed by atoms with Crippen LogP contribution in [0.25, 0.3) is 0 Å². The number of anilines is 1. The number of nitrogens with two attached hydrogens (primary N) is 1. The van der Waals surface area contributed by atoms with E-state index in [0.717, 1.165) is 18.9 Å². The molecule has 0 spiro atoms. The molecule has 0 bridgehead atoms. The molecule has 0 atom stereocenters. The van der Waals surface area contributed by atoms with Crippen molar-refractivity contribution >= 4 is 5.69 Å². The molecule has 1 aromatic rings. The van der Waals surface area contributed by atoms with Crippen LogP contribution in [0.4, 0.5) is 14.5 Å². The van der Waals surface area contributed by atoms with E-state index in [9.17, 15) is 8.78 Å².